The fourth-order valence-electron chi connectivity index (χ4n) is 1.67. The van der Waals surface area contributed by atoms with Gasteiger partial charge in [0.05, 0.1) is 18.0 Å². The van der Waals surface area contributed by atoms with Crippen LogP contribution in [0.1, 0.15) is 0 Å². The third-order valence-corrected chi connectivity index (χ3v) is 4.44. The predicted molar refractivity (Wildman–Crippen MR) is 82.3 cm³/mol. The van der Waals surface area contributed by atoms with Crippen molar-refractivity contribution in [3.63, 3.8) is 0 Å². The molecule has 0 aromatic carbocycles. The Kier molecular flexibility index (Phi) is 3.89. The van der Waals surface area contributed by atoms with Crippen LogP contribution in [-0.2, 0) is 0 Å². The second kappa shape index (κ2) is 5.99. The van der Waals surface area contributed by atoms with E-state index in [0.717, 1.165) is 10.6 Å². The summed E-state index contributed by atoms with van der Waals surface area (Å²) in [6, 6.07) is 3.70. The summed E-state index contributed by atoms with van der Waals surface area (Å²) in [5, 5.41) is 13.5. The molecule has 0 saturated heterocycles. The minimum atomic E-state index is -0.423. The summed E-state index contributed by atoms with van der Waals surface area (Å²) >= 11 is 2.79. The summed E-state index contributed by atoms with van der Waals surface area (Å²) in [6.07, 6.45) is 0. The van der Waals surface area contributed by atoms with Gasteiger partial charge in [-0.15, -0.1) is 16.4 Å². The highest BCUT2D eigenvalue weighted by molar-refractivity contribution is 7.99. The molecule has 1 N–H and O–H groups in total. The molecule has 3 heterocycles. The second-order valence-electron chi connectivity index (χ2n) is 4.00. The summed E-state index contributed by atoms with van der Waals surface area (Å²) in [5.74, 6) is 0.553. The summed E-state index contributed by atoms with van der Waals surface area (Å²) in [4.78, 5) is 23.1. The highest BCUT2D eigenvalue weighted by atomic mass is 32.2. The van der Waals surface area contributed by atoms with Gasteiger partial charge in [-0.3, -0.25) is 4.79 Å². The summed E-state index contributed by atoms with van der Waals surface area (Å²) in [5.41, 5.74) is 0.849. The van der Waals surface area contributed by atoms with Crippen LogP contribution in [0.25, 0.3) is 15.4 Å². The molecule has 0 saturated carbocycles. The smallest absolute Gasteiger partial charge is 0.276 e. The van der Waals surface area contributed by atoms with Gasteiger partial charge in [0, 0.05) is 10.6 Å². The number of hydrogen-bond acceptors (Lipinski definition) is 7. The van der Waals surface area contributed by atoms with E-state index in [1.54, 1.807) is 0 Å². The van der Waals surface area contributed by atoms with Crippen LogP contribution in [-0.4, -0.2) is 28.0 Å². The first kappa shape index (κ1) is 13.7. The van der Waals surface area contributed by atoms with E-state index in [2.05, 4.69) is 30.3 Å². The lowest BCUT2D eigenvalue weighted by molar-refractivity contribution is 0.953. The molecular formula is C12H8N6OS2. The Morgan fingerprint density at radius 3 is 3.10 bits per heavy atom. The van der Waals surface area contributed by atoms with Crippen LogP contribution >= 0.6 is 23.1 Å². The van der Waals surface area contributed by atoms with Crippen LogP contribution in [0.15, 0.2) is 42.9 Å². The van der Waals surface area contributed by atoms with E-state index in [1.807, 2.05) is 17.5 Å². The first-order valence-corrected chi connectivity index (χ1v) is 7.75. The number of hydrogen-bond donors (Lipinski definition) is 1. The summed E-state index contributed by atoms with van der Waals surface area (Å²) in [6.45, 7) is 7.64. The Labute approximate surface area is 127 Å². The normalized spacial score (nSPS) is 13.2. The van der Waals surface area contributed by atoms with Gasteiger partial charge in [-0.25, -0.2) is 9.83 Å². The number of thiophene rings is 1. The van der Waals surface area contributed by atoms with Gasteiger partial charge in [0.25, 0.3) is 11.2 Å². The van der Waals surface area contributed by atoms with Gasteiger partial charge in [-0.2, -0.15) is 5.11 Å². The van der Waals surface area contributed by atoms with Crippen molar-refractivity contribution in [2.24, 2.45) is 15.4 Å². The molecule has 21 heavy (non-hydrogen) atoms. The van der Waals surface area contributed by atoms with E-state index in [1.165, 1.54) is 23.1 Å². The zero-order chi connectivity index (χ0) is 14.7. The number of H-pyrrole nitrogens is 1. The fraction of sp³-hybridized carbons (Fsp3) is 0.167. The molecule has 0 spiro atoms. The van der Waals surface area contributed by atoms with Gasteiger partial charge < -0.3 is 4.98 Å². The van der Waals surface area contributed by atoms with Crippen LogP contribution < -0.4 is 5.56 Å². The molecule has 2 aromatic heterocycles. The minimum absolute atomic E-state index is 0.0185. The lowest BCUT2D eigenvalue weighted by Crippen LogP contribution is -2.11. The van der Waals surface area contributed by atoms with Crippen molar-refractivity contribution in [2.75, 3.05) is 12.3 Å². The number of aromatic amines is 1. The maximum atomic E-state index is 12.0. The Hall–Kier alpha value is -2.31. The summed E-state index contributed by atoms with van der Waals surface area (Å²) in [7, 11) is 0. The van der Waals surface area contributed by atoms with Crippen LogP contribution in [0.4, 0.5) is 5.69 Å². The molecule has 0 atom stereocenters. The van der Waals surface area contributed by atoms with Crippen molar-refractivity contribution in [3.05, 3.63) is 39.3 Å². The highest BCUT2D eigenvalue weighted by Gasteiger charge is 2.15. The Balaban J connectivity index is 1.92. The van der Waals surface area contributed by atoms with E-state index < -0.39 is 5.56 Å². The van der Waals surface area contributed by atoms with Gasteiger partial charge in [-0.1, -0.05) is 17.8 Å². The van der Waals surface area contributed by atoms with E-state index in [0.29, 0.717) is 23.1 Å². The molecule has 0 bridgehead atoms. The van der Waals surface area contributed by atoms with Crippen LogP contribution in [0, 0.1) is 6.57 Å². The maximum absolute atomic E-state index is 12.0. The van der Waals surface area contributed by atoms with Crippen molar-refractivity contribution < 1.29 is 0 Å². The molecule has 7 nitrogen and oxygen atoms in total. The molecule has 1 aliphatic heterocycles. The highest BCUT2D eigenvalue weighted by Crippen LogP contribution is 2.30. The molecule has 2 aromatic rings. The fourth-order valence-corrected chi connectivity index (χ4v) is 3.16. The minimum Gasteiger partial charge on any atom is -0.311 e. The third kappa shape index (κ3) is 2.91. The molecule has 0 fully saturated rings. The monoisotopic (exact) mass is 316 g/mol. The van der Waals surface area contributed by atoms with Crippen LogP contribution in [0.5, 0.6) is 0 Å². The zero-order valence-corrected chi connectivity index (χ0v) is 12.2. The lowest BCUT2D eigenvalue weighted by atomic mass is 10.3. The standard InChI is InChI=1S/C12H8N6OS2/c1-13-10-9(8-3-2-4-20-8)15-12(16-11(10)19)21-6-7-5-14-18-17-7/h2-4H,5-6H2,(H,15,16,19). The molecule has 0 amide bonds. The quantitative estimate of drug-likeness (QED) is 0.534. The first-order valence-electron chi connectivity index (χ1n) is 5.88. The molecule has 9 heteroatoms. The van der Waals surface area contributed by atoms with Crippen molar-refractivity contribution in [1.29, 1.82) is 0 Å². The largest absolute Gasteiger partial charge is 0.311 e. The molecular weight excluding hydrogens is 308 g/mol. The van der Waals surface area contributed by atoms with Gasteiger partial charge in [0.1, 0.15) is 6.54 Å². The summed E-state index contributed by atoms with van der Waals surface area (Å²) < 4.78 is 0. The molecule has 0 unspecified atom stereocenters. The number of rotatable bonds is 4. The van der Waals surface area contributed by atoms with Gasteiger partial charge in [-0.05, 0) is 16.7 Å². The van der Waals surface area contributed by atoms with Crippen molar-refractivity contribution >= 4 is 34.5 Å². The Morgan fingerprint density at radius 1 is 1.52 bits per heavy atom. The van der Waals surface area contributed by atoms with Gasteiger partial charge in [0.2, 0.25) is 0 Å². The van der Waals surface area contributed by atoms with Crippen LogP contribution in [0.2, 0.25) is 0 Å². The number of nitrogens with one attached hydrogen (secondary N) is 1. The molecule has 0 aliphatic carbocycles. The van der Waals surface area contributed by atoms with Crippen molar-refractivity contribution in [2.45, 2.75) is 5.16 Å². The van der Waals surface area contributed by atoms with E-state index in [9.17, 15) is 4.79 Å². The number of thioether (sulfide) groups is 1. The van der Waals surface area contributed by atoms with E-state index in [4.69, 9.17) is 6.57 Å². The topological polar surface area (TPSA) is 87.2 Å². The Morgan fingerprint density at radius 2 is 2.43 bits per heavy atom. The molecule has 104 valence electrons. The average Bonchev–Trinajstić information content (AvgIpc) is 3.17. The van der Waals surface area contributed by atoms with E-state index in [-0.39, 0.29) is 5.69 Å². The first-order chi connectivity index (χ1) is 10.3. The van der Waals surface area contributed by atoms with Crippen LogP contribution in [0.3, 0.4) is 0 Å². The van der Waals surface area contributed by atoms with Crippen molar-refractivity contribution in [3.8, 4) is 10.6 Å². The SMILES string of the molecule is [C-]#[N+]c1c(-c2cccs2)nc(SCC2=NN=NC2)[nH]c1=O. The van der Waals surface area contributed by atoms with E-state index >= 15 is 0 Å². The van der Waals surface area contributed by atoms with Gasteiger partial charge >= 0.3 is 0 Å². The maximum Gasteiger partial charge on any atom is 0.276 e. The van der Waals surface area contributed by atoms with Crippen molar-refractivity contribution in [1.82, 2.24) is 9.97 Å². The predicted octanol–water partition coefficient (Wildman–Crippen LogP) is 2.96. The molecule has 3 rings (SSSR count). The van der Waals surface area contributed by atoms with Gasteiger partial charge in [0.15, 0.2) is 5.16 Å². The molecule has 0 radical (unpaired) electrons. The number of nitrogens with zero attached hydrogens (tertiary/aromatic N) is 5. The Bertz CT molecular complexity index is 815. The number of aromatic nitrogens is 2. The third-order valence-electron chi connectivity index (χ3n) is 2.62. The molecule has 1 aliphatic rings. The average molecular weight is 316 g/mol. The second-order valence-corrected chi connectivity index (χ2v) is 5.91. The lowest BCUT2D eigenvalue weighted by Gasteiger charge is -2.04. The zero-order valence-electron chi connectivity index (χ0n) is 10.6.